The van der Waals surface area contributed by atoms with E-state index in [1.54, 1.807) is 0 Å². The quantitative estimate of drug-likeness (QED) is 0.312. The van der Waals surface area contributed by atoms with Crippen LogP contribution in [0.5, 0.6) is 0 Å². The van der Waals surface area contributed by atoms with Gasteiger partial charge in [0.25, 0.3) is 0 Å². The summed E-state index contributed by atoms with van der Waals surface area (Å²) in [4.78, 5) is 0. The zero-order valence-corrected chi connectivity index (χ0v) is 14.0. The monoisotopic (exact) mass is 351 g/mol. The van der Waals surface area contributed by atoms with Crippen LogP contribution in [0.2, 0.25) is 0 Å². The summed E-state index contributed by atoms with van der Waals surface area (Å²) >= 11 is 0. The van der Waals surface area contributed by atoms with E-state index in [9.17, 15) is 8.42 Å². The molecule has 0 radical (unpaired) electrons. The van der Waals surface area contributed by atoms with E-state index >= 15 is 0 Å². The Morgan fingerprint density at radius 2 is 1.83 bits per heavy atom. The van der Waals surface area contributed by atoms with Crippen molar-refractivity contribution in [1.29, 1.82) is 0 Å². The molecule has 2 N–H and O–H groups in total. The van der Waals surface area contributed by atoms with E-state index in [2.05, 4.69) is 0 Å². The van der Waals surface area contributed by atoms with Crippen molar-refractivity contribution in [2.45, 2.75) is 6.42 Å². The Morgan fingerprint density at radius 3 is 2.08 bits per heavy atom. The van der Waals surface area contributed by atoms with Gasteiger partial charge in [-0.05, 0) is 23.8 Å². The Hall–Kier alpha value is 2.22. The molecule has 8 heteroatoms. The maximum atomic E-state index is 10.4. The van der Waals surface area contributed by atoms with Crippen molar-refractivity contribution < 1.29 is 55.0 Å². The molecule has 0 aliphatic heterocycles. The second-order valence-electron chi connectivity index (χ2n) is 1.67. The van der Waals surface area contributed by atoms with Gasteiger partial charge >= 0.3 is 29.6 Å². The summed E-state index contributed by atoms with van der Waals surface area (Å²) in [6, 6.07) is 0. The second-order valence-corrected chi connectivity index (χ2v) is 6.24. The molecule has 0 atom stereocenters. The average molecular weight is 353 g/mol. The molecule has 3 nitrogen and oxygen atoms in total. The van der Waals surface area contributed by atoms with Crippen LogP contribution in [0.4, 0.5) is 0 Å². The molecule has 0 amide bonds. The van der Waals surface area contributed by atoms with Crippen LogP contribution >= 0.6 is 27.8 Å². The molecule has 0 aliphatic carbocycles. The van der Waals surface area contributed by atoms with Gasteiger partial charge in [0.1, 0.15) is 0 Å². The standard InChI is InChI=1S/C4H11NO2S2.2BrH.Na/c1-9(6,7)8-4-2-3-5;;;/h2-5H2,1H3;2*1H;/q;;;+1/p-1. The van der Waals surface area contributed by atoms with Crippen molar-refractivity contribution in [3.63, 3.8) is 0 Å². The molecule has 0 fully saturated rings. The van der Waals surface area contributed by atoms with Gasteiger partial charge in [-0.2, -0.15) is 0 Å². The Bertz CT molecular complexity index is 164. The molecule has 0 saturated heterocycles. The third-order valence-electron chi connectivity index (χ3n) is 0.646. The van der Waals surface area contributed by atoms with Crippen LogP contribution in [0.15, 0.2) is 0 Å². The van der Waals surface area contributed by atoms with Crippen LogP contribution in [-0.2, 0) is 8.87 Å². The van der Waals surface area contributed by atoms with E-state index in [-0.39, 0.29) is 63.5 Å². The van der Waals surface area contributed by atoms with Gasteiger partial charge in [0.05, 0.1) is 0 Å². The van der Waals surface area contributed by atoms with Crippen LogP contribution < -0.4 is 52.3 Å². The van der Waals surface area contributed by atoms with Crippen molar-refractivity contribution in [1.82, 2.24) is 0 Å². The first-order chi connectivity index (χ1) is 4.06. The van der Waals surface area contributed by atoms with Gasteiger partial charge in [-0.15, -0.1) is 17.0 Å². The SMILES string of the molecule is Br.CS(=O)(=O)SCCCN.[Br-].[Na+]. The Labute approximate surface area is 121 Å². The van der Waals surface area contributed by atoms with Crippen LogP contribution in [-0.4, -0.2) is 27.0 Å². The largest absolute Gasteiger partial charge is 1.00 e. The number of hydrogen-bond donors (Lipinski definition) is 1. The van der Waals surface area contributed by atoms with Gasteiger partial charge in [-0.25, -0.2) is 8.42 Å². The van der Waals surface area contributed by atoms with Crippen molar-refractivity contribution in [3.8, 4) is 0 Å². The first kappa shape index (κ1) is 23.8. The number of hydrogen-bond acceptors (Lipinski definition) is 4. The molecule has 72 valence electrons. The first-order valence-electron chi connectivity index (χ1n) is 2.61. The summed E-state index contributed by atoms with van der Waals surface area (Å²) in [7, 11) is -1.88. The van der Waals surface area contributed by atoms with E-state index in [0.717, 1.165) is 17.2 Å². The van der Waals surface area contributed by atoms with E-state index < -0.39 is 8.87 Å². The molecule has 0 spiro atoms. The van der Waals surface area contributed by atoms with Crippen molar-refractivity contribution >= 4 is 36.6 Å². The molecular formula is C4H12Br2NNaO2S2. The molecular weight excluding hydrogens is 341 g/mol. The van der Waals surface area contributed by atoms with Crippen LogP contribution in [0, 0.1) is 0 Å². The molecule has 0 unspecified atom stereocenters. The van der Waals surface area contributed by atoms with E-state index in [0.29, 0.717) is 12.3 Å². The molecule has 12 heavy (non-hydrogen) atoms. The topological polar surface area (TPSA) is 60.2 Å². The van der Waals surface area contributed by atoms with E-state index in [1.165, 1.54) is 6.26 Å². The fourth-order valence-corrected chi connectivity index (χ4v) is 2.14. The van der Waals surface area contributed by atoms with Gasteiger partial charge < -0.3 is 22.7 Å². The molecule has 0 aromatic carbocycles. The predicted molar refractivity (Wildman–Crippen MR) is 51.3 cm³/mol. The van der Waals surface area contributed by atoms with E-state index in [4.69, 9.17) is 5.73 Å². The minimum absolute atomic E-state index is 0. The predicted octanol–water partition coefficient (Wildman–Crippen LogP) is -5.39. The third kappa shape index (κ3) is 22.8. The Kier molecular flexibility index (Phi) is 26.2. The number of rotatable bonds is 4. The molecule has 0 aliphatic rings. The number of halogens is 2. The van der Waals surface area contributed by atoms with Gasteiger partial charge in [-0.3, -0.25) is 0 Å². The summed E-state index contributed by atoms with van der Waals surface area (Å²) in [5.41, 5.74) is 5.15. The van der Waals surface area contributed by atoms with Crippen LogP contribution in [0.1, 0.15) is 6.42 Å². The summed E-state index contributed by atoms with van der Waals surface area (Å²) in [5, 5.41) is 0. The summed E-state index contributed by atoms with van der Waals surface area (Å²) in [6.45, 7) is 0.558. The maximum absolute atomic E-state index is 10.4. The maximum Gasteiger partial charge on any atom is 1.00 e. The molecule has 0 aromatic heterocycles. The number of nitrogens with two attached hydrogens (primary N) is 1. The Balaban J connectivity index is -0.000000107. The summed E-state index contributed by atoms with van der Waals surface area (Å²) < 4.78 is 20.9. The molecule has 0 heterocycles. The summed E-state index contributed by atoms with van der Waals surface area (Å²) in [5.74, 6) is 0.606. The normalized spacial score (nSPS) is 8.83. The van der Waals surface area contributed by atoms with E-state index in [1.807, 2.05) is 0 Å². The molecule has 0 saturated carbocycles. The third-order valence-corrected chi connectivity index (χ3v) is 3.31. The van der Waals surface area contributed by atoms with Crippen molar-refractivity contribution in [2.75, 3.05) is 18.6 Å². The Morgan fingerprint density at radius 1 is 1.42 bits per heavy atom. The minimum atomic E-state index is -2.84. The van der Waals surface area contributed by atoms with Gasteiger partial charge in [-0.1, -0.05) is 0 Å². The van der Waals surface area contributed by atoms with Crippen LogP contribution in [0.25, 0.3) is 0 Å². The summed E-state index contributed by atoms with van der Waals surface area (Å²) in [6.07, 6.45) is 1.96. The van der Waals surface area contributed by atoms with Gasteiger partial charge in [0.2, 0.25) is 0 Å². The minimum Gasteiger partial charge on any atom is -1.00 e. The fraction of sp³-hybridized carbons (Fsp3) is 1.00. The van der Waals surface area contributed by atoms with Gasteiger partial charge in [0, 0.05) is 12.0 Å². The average Bonchev–Trinajstić information content (AvgIpc) is 1.63. The van der Waals surface area contributed by atoms with Crippen LogP contribution in [0.3, 0.4) is 0 Å². The zero-order chi connectivity index (χ0) is 7.33. The molecule has 0 aromatic rings. The van der Waals surface area contributed by atoms with Gasteiger partial charge in [0.15, 0.2) is 8.87 Å². The second kappa shape index (κ2) is 13.2. The van der Waals surface area contributed by atoms with Crippen molar-refractivity contribution in [3.05, 3.63) is 0 Å². The molecule has 0 bridgehead atoms. The fourth-order valence-electron chi connectivity index (χ4n) is 0.294. The van der Waals surface area contributed by atoms with Crippen molar-refractivity contribution in [2.24, 2.45) is 5.73 Å². The zero-order valence-electron chi connectivity index (χ0n) is 7.12. The first-order valence-corrected chi connectivity index (χ1v) is 6.00. The molecule has 0 rings (SSSR count). The smallest absolute Gasteiger partial charge is 1.00 e.